The predicted molar refractivity (Wildman–Crippen MR) is 165 cm³/mol. The molecule has 3 heterocycles. The van der Waals surface area contributed by atoms with E-state index in [4.69, 9.17) is 16.6 Å². The zero-order valence-corrected chi connectivity index (χ0v) is 25.5. The van der Waals surface area contributed by atoms with Gasteiger partial charge in [-0.3, -0.25) is 14.2 Å². The summed E-state index contributed by atoms with van der Waals surface area (Å²) < 4.78 is 42.4. The van der Waals surface area contributed by atoms with Gasteiger partial charge in [0.25, 0.3) is 11.5 Å². The van der Waals surface area contributed by atoms with E-state index in [1.165, 1.54) is 22.0 Å². The zero-order chi connectivity index (χ0) is 30.7. The number of rotatable bonds is 8. The highest BCUT2D eigenvalue weighted by molar-refractivity contribution is 7.13. The fraction of sp³-hybridized carbons (Fsp3) is 0.344. The van der Waals surface area contributed by atoms with E-state index in [1.807, 2.05) is 49.6 Å². The molecular formula is C32H32ClF3N4O2S. The van der Waals surface area contributed by atoms with Crippen LogP contribution in [0.1, 0.15) is 47.4 Å². The lowest BCUT2D eigenvalue weighted by atomic mass is 9.99. The molecule has 0 bridgehead atoms. The van der Waals surface area contributed by atoms with Crippen molar-refractivity contribution in [2.45, 2.75) is 45.7 Å². The first-order valence-electron chi connectivity index (χ1n) is 14.3. The van der Waals surface area contributed by atoms with Gasteiger partial charge >= 0.3 is 6.18 Å². The van der Waals surface area contributed by atoms with E-state index in [2.05, 4.69) is 5.32 Å². The Hall–Kier alpha value is -3.47. The summed E-state index contributed by atoms with van der Waals surface area (Å²) in [6.07, 6.45) is -5.05. The van der Waals surface area contributed by atoms with Gasteiger partial charge in [0.1, 0.15) is 5.01 Å². The molecule has 1 amide bonds. The average Bonchev–Trinajstić information content (AvgIpc) is 3.49. The number of thiazole rings is 1. The van der Waals surface area contributed by atoms with Crippen LogP contribution in [0.25, 0.3) is 27.5 Å². The molecule has 1 aliphatic rings. The molecular weight excluding hydrogens is 597 g/mol. The van der Waals surface area contributed by atoms with Gasteiger partial charge in [-0.1, -0.05) is 55.8 Å². The van der Waals surface area contributed by atoms with E-state index in [0.717, 1.165) is 16.7 Å². The van der Waals surface area contributed by atoms with Gasteiger partial charge < -0.3 is 10.2 Å². The number of nitrogens with zero attached hydrogens (tertiary/aromatic N) is 3. The van der Waals surface area contributed by atoms with Crippen molar-refractivity contribution in [3.63, 3.8) is 0 Å². The van der Waals surface area contributed by atoms with E-state index in [-0.39, 0.29) is 16.8 Å². The maximum absolute atomic E-state index is 14.5. The lowest BCUT2D eigenvalue weighted by Crippen LogP contribution is -2.47. The van der Waals surface area contributed by atoms with Gasteiger partial charge in [0.2, 0.25) is 0 Å². The maximum atomic E-state index is 14.5. The largest absolute Gasteiger partial charge is 0.389 e. The zero-order valence-electron chi connectivity index (χ0n) is 23.9. The lowest BCUT2D eigenvalue weighted by Gasteiger charge is -2.29. The standard InChI is InChI=1S/C32H32ClF3N4O2S/c1-3-20-6-5-7-21(4-2)28(20)40-27(12-13-32(34,35)36)24(30(41)39-16-14-37-15-17-39)18-25(31(40)42)29-38-26(19-43-29)22-8-10-23(33)11-9-22/h5-11,18-19,37H,3-4,12-17H2,1-2H3. The minimum Gasteiger partial charge on any atom is -0.336 e. The van der Waals surface area contributed by atoms with Crippen LogP contribution in [0.5, 0.6) is 0 Å². The minimum atomic E-state index is -4.48. The summed E-state index contributed by atoms with van der Waals surface area (Å²) in [6.45, 7) is 5.85. The van der Waals surface area contributed by atoms with Crippen LogP contribution in [0.2, 0.25) is 5.02 Å². The predicted octanol–water partition coefficient (Wildman–Crippen LogP) is 6.95. The van der Waals surface area contributed by atoms with Gasteiger partial charge in [0.05, 0.1) is 22.5 Å². The van der Waals surface area contributed by atoms with Crippen molar-refractivity contribution in [1.82, 2.24) is 19.8 Å². The number of alkyl halides is 3. The number of hydrogen-bond acceptors (Lipinski definition) is 5. The van der Waals surface area contributed by atoms with Crippen molar-refractivity contribution in [2.24, 2.45) is 0 Å². The molecule has 1 aliphatic heterocycles. The van der Waals surface area contributed by atoms with Gasteiger partial charge in [-0.15, -0.1) is 11.3 Å². The van der Waals surface area contributed by atoms with E-state index < -0.39 is 30.5 Å². The maximum Gasteiger partial charge on any atom is 0.389 e. The molecule has 1 N–H and O–H groups in total. The number of nitrogens with one attached hydrogen (secondary N) is 1. The third-order valence-electron chi connectivity index (χ3n) is 7.65. The normalized spacial score (nSPS) is 13.9. The highest BCUT2D eigenvalue weighted by Gasteiger charge is 2.32. The Bertz CT molecular complexity index is 1650. The van der Waals surface area contributed by atoms with Gasteiger partial charge in [-0.05, 0) is 48.6 Å². The minimum absolute atomic E-state index is 0.0692. The van der Waals surface area contributed by atoms with Gasteiger partial charge in [-0.25, -0.2) is 4.98 Å². The van der Waals surface area contributed by atoms with Crippen LogP contribution < -0.4 is 10.9 Å². The average molecular weight is 629 g/mol. The molecule has 4 aromatic rings. The summed E-state index contributed by atoms with van der Waals surface area (Å²) in [4.78, 5) is 34.9. The molecule has 0 aliphatic carbocycles. The molecule has 1 fully saturated rings. The second-order valence-corrected chi connectivity index (χ2v) is 11.7. The first kappa shape index (κ1) is 31.0. The van der Waals surface area contributed by atoms with Crippen molar-refractivity contribution in [3.05, 3.63) is 91.7 Å². The Morgan fingerprint density at radius 2 is 1.70 bits per heavy atom. The number of carbonyl (C=O) groups excluding carboxylic acids is 1. The van der Waals surface area contributed by atoms with Crippen LogP contribution in [0, 0.1) is 0 Å². The summed E-state index contributed by atoms with van der Waals surface area (Å²) in [5, 5.41) is 5.98. The summed E-state index contributed by atoms with van der Waals surface area (Å²) in [5.74, 6) is -0.393. The number of piperazine rings is 1. The summed E-state index contributed by atoms with van der Waals surface area (Å²) in [5.41, 5.74) is 3.44. The fourth-order valence-corrected chi connectivity index (χ4v) is 6.39. The van der Waals surface area contributed by atoms with E-state index in [1.54, 1.807) is 17.0 Å². The molecule has 1 saturated heterocycles. The topological polar surface area (TPSA) is 67.2 Å². The Kier molecular flexibility index (Phi) is 9.39. The van der Waals surface area contributed by atoms with Crippen LogP contribution in [0.3, 0.4) is 0 Å². The molecule has 6 nitrogen and oxygen atoms in total. The Balaban J connectivity index is 1.80. The quantitative estimate of drug-likeness (QED) is 0.229. The molecule has 0 atom stereocenters. The number of pyridine rings is 1. The summed E-state index contributed by atoms with van der Waals surface area (Å²) >= 11 is 7.30. The highest BCUT2D eigenvalue weighted by atomic mass is 35.5. The third-order valence-corrected chi connectivity index (χ3v) is 8.77. The van der Waals surface area contributed by atoms with Crippen molar-refractivity contribution in [3.8, 4) is 27.5 Å². The highest BCUT2D eigenvalue weighted by Crippen LogP contribution is 2.33. The van der Waals surface area contributed by atoms with Crippen molar-refractivity contribution < 1.29 is 18.0 Å². The SMILES string of the molecule is CCc1cccc(CC)c1-n1c(CCC(F)(F)F)c(C(=O)N2CCNCC2)cc(-c2nc(-c3ccc(Cl)cc3)cs2)c1=O. The number of aryl methyl sites for hydroxylation is 2. The fourth-order valence-electron chi connectivity index (χ4n) is 5.43. The Labute approximate surface area is 257 Å². The molecule has 0 radical (unpaired) electrons. The number of amides is 1. The molecule has 226 valence electrons. The molecule has 2 aromatic heterocycles. The monoisotopic (exact) mass is 628 g/mol. The second-order valence-electron chi connectivity index (χ2n) is 10.4. The van der Waals surface area contributed by atoms with Crippen LogP contribution in [0.15, 0.2) is 58.7 Å². The van der Waals surface area contributed by atoms with Gasteiger partial charge in [0, 0.05) is 54.3 Å². The number of aromatic nitrogens is 2. The number of carbonyl (C=O) groups is 1. The molecule has 2 aromatic carbocycles. The van der Waals surface area contributed by atoms with Crippen LogP contribution in [-0.4, -0.2) is 52.7 Å². The molecule has 11 heteroatoms. The van der Waals surface area contributed by atoms with E-state index in [9.17, 15) is 22.8 Å². The first-order chi connectivity index (χ1) is 20.6. The van der Waals surface area contributed by atoms with Gasteiger partial charge in [-0.2, -0.15) is 13.2 Å². The van der Waals surface area contributed by atoms with Crippen LogP contribution >= 0.6 is 22.9 Å². The number of benzene rings is 2. The lowest BCUT2D eigenvalue weighted by molar-refractivity contribution is -0.134. The number of hydrogen-bond donors (Lipinski definition) is 1. The summed E-state index contributed by atoms with van der Waals surface area (Å²) in [7, 11) is 0. The number of halogens is 4. The Morgan fingerprint density at radius 1 is 1.05 bits per heavy atom. The molecule has 0 unspecified atom stereocenters. The van der Waals surface area contributed by atoms with Crippen molar-refractivity contribution in [2.75, 3.05) is 26.2 Å². The third kappa shape index (κ3) is 6.71. The smallest absolute Gasteiger partial charge is 0.336 e. The van der Waals surface area contributed by atoms with E-state index >= 15 is 0 Å². The second kappa shape index (κ2) is 13.0. The van der Waals surface area contributed by atoms with Gasteiger partial charge in [0.15, 0.2) is 0 Å². The van der Waals surface area contributed by atoms with E-state index in [0.29, 0.717) is 60.4 Å². The van der Waals surface area contributed by atoms with Crippen molar-refractivity contribution >= 4 is 28.8 Å². The molecule has 0 spiro atoms. The molecule has 5 rings (SSSR count). The Morgan fingerprint density at radius 3 is 2.30 bits per heavy atom. The molecule has 0 saturated carbocycles. The first-order valence-corrected chi connectivity index (χ1v) is 15.6. The van der Waals surface area contributed by atoms with Crippen molar-refractivity contribution in [1.29, 1.82) is 0 Å². The summed E-state index contributed by atoms with van der Waals surface area (Å²) in [6, 6.07) is 14.2. The van der Waals surface area contributed by atoms with Crippen LogP contribution in [-0.2, 0) is 19.3 Å². The molecule has 43 heavy (non-hydrogen) atoms. The van der Waals surface area contributed by atoms with Crippen LogP contribution in [0.4, 0.5) is 13.2 Å². The number of para-hydroxylation sites is 1.